The van der Waals surface area contributed by atoms with Crippen molar-refractivity contribution in [3.8, 4) is 5.75 Å². The first kappa shape index (κ1) is 23.7. The van der Waals surface area contributed by atoms with Gasteiger partial charge in [-0.2, -0.15) is 0 Å². The number of hydrogen-bond acceptors (Lipinski definition) is 10. The number of carbonyl (C=O) groups excluding carboxylic acids is 3. The van der Waals surface area contributed by atoms with Crippen LogP contribution in [0.4, 0.5) is 0 Å². The average molecular weight is 512 g/mol. The van der Waals surface area contributed by atoms with E-state index in [1.165, 1.54) is 25.5 Å². The summed E-state index contributed by atoms with van der Waals surface area (Å²) in [5.74, 6) is -1.22. The normalized spacial score (nSPS) is 22.6. The van der Waals surface area contributed by atoms with Gasteiger partial charge in [-0.05, 0) is 24.3 Å². The highest BCUT2D eigenvalue weighted by molar-refractivity contribution is 9.10. The fourth-order valence-corrected chi connectivity index (χ4v) is 3.41. The van der Waals surface area contributed by atoms with Crippen molar-refractivity contribution in [3.63, 3.8) is 0 Å². The Morgan fingerprint density at radius 2 is 1.66 bits per heavy atom. The van der Waals surface area contributed by atoms with Crippen molar-refractivity contribution in [2.24, 2.45) is 0 Å². The van der Waals surface area contributed by atoms with Crippen molar-refractivity contribution in [1.82, 2.24) is 15.0 Å². The van der Waals surface area contributed by atoms with Gasteiger partial charge in [-0.15, -0.1) is 5.10 Å². The maximum atomic E-state index is 11.7. The van der Waals surface area contributed by atoms with Gasteiger partial charge in [-0.1, -0.05) is 21.1 Å². The van der Waals surface area contributed by atoms with Crippen LogP contribution >= 0.6 is 15.9 Å². The Bertz CT molecular complexity index is 964. The van der Waals surface area contributed by atoms with Gasteiger partial charge in [0.1, 0.15) is 18.1 Å². The monoisotopic (exact) mass is 511 g/mol. The van der Waals surface area contributed by atoms with Gasteiger partial charge in [-0.3, -0.25) is 14.4 Å². The molecule has 0 saturated carbocycles. The second-order valence-corrected chi connectivity index (χ2v) is 7.87. The van der Waals surface area contributed by atoms with Gasteiger partial charge >= 0.3 is 17.9 Å². The summed E-state index contributed by atoms with van der Waals surface area (Å²) in [5, 5.41) is 8.09. The molecular weight excluding hydrogens is 490 g/mol. The molecule has 4 atom stereocenters. The summed E-state index contributed by atoms with van der Waals surface area (Å²) in [6.45, 7) is 3.65. The molecular formula is C20H22BrN3O8. The molecule has 0 unspecified atom stereocenters. The minimum absolute atomic E-state index is 0.107. The third kappa shape index (κ3) is 6.26. The highest BCUT2D eigenvalue weighted by Crippen LogP contribution is 2.30. The minimum atomic E-state index is -1.13. The highest BCUT2D eigenvalue weighted by atomic mass is 79.9. The quantitative estimate of drug-likeness (QED) is 0.401. The van der Waals surface area contributed by atoms with Crippen molar-refractivity contribution in [2.45, 2.75) is 51.9 Å². The Labute approximate surface area is 192 Å². The van der Waals surface area contributed by atoms with E-state index in [2.05, 4.69) is 26.2 Å². The molecule has 12 heteroatoms. The fraction of sp³-hybridized carbons (Fsp3) is 0.450. The highest BCUT2D eigenvalue weighted by Gasteiger charge is 2.48. The lowest BCUT2D eigenvalue weighted by atomic mass is 10.0. The second-order valence-electron chi connectivity index (χ2n) is 6.95. The molecule has 0 bridgehead atoms. The molecule has 1 aromatic heterocycles. The Hall–Kier alpha value is -2.99. The molecule has 0 amide bonds. The van der Waals surface area contributed by atoms with E-state index >= 15 is 0 Å². The number of nitrogens with zero attached hydrogens (tertiary/aromatic N) is 3. The van der Waals surface area contributed by atoms with Gasteiger partial charge in [-0.25, -0.2) is 4.68 Å². The molecule has 1 aliphatic heterocycles. The van der Waals surface area contributed by atoms with Crippen LogP contribution in [0.2, 0.25) is 0 Å². The van der Waals surface area contributed by atoms with Gasteiger partial charge in [0.05, 0.1) is 12.8 Å². The first-order chi connectivity index (χ1) is 15.2. The number of hydrogen-bond donors (Lipinski definition) is 0. The predicted molar refractivity (Wildman–Crippen MR) is 110 cm³/mol. The second kappa shape index (κ2) is 10.6. The van der Waals surface area contributed by atoms with E-state index in [0.29, 0.717) is 11.4 Å². The lowest BCUT2D eigenvalue weighted by molar-refractivity contribution is -0.241. The number of ether oxygens (including phenoxy) is 5. The van der Waals surface area contributed by atoms with Gasteiger partial charge in [0.15, 0.2) is 24.5 Å². The van der Waals surface area contributed by atoms with Crippen molar-refractivity contribution in [3.05, 3.63) is 40.6 Å². The Morgan fingerprint density at radius 3 is 2.28 bits per heavy atom. The fourth-order valence-electron chi connectivity index (χ4n) is 3.14. The standard InChI is InChI=1S/C20H22BrN3O8/c1-11(25)30-17-10-29-20(19(32-13(3)27)18(17)31-12(2)26)24-8-15(22-23-24)9-28-16-6-4-14(21)5-7-16/h4-8,17-20H,9-10H2,1-3H3/t17-,18+,19-,20-/m1/s1. The smallest absolute Gasteiger partial charge is 0.303 e. The Kier molecular flexibility index (Phi) is 7.80. The zero-order valence-corrected chi connectivity index (χ0v) is 19.2. The summed E-state index contributed by atoms with van der Waals surface area (Å²) in [4.78, 5) is 34.9. The number of benzene rings is 1. The first-order valence-corrected chi connectivity index (χ1v) is 10.4. The van der Waals surface area contributed by atoms with Crippen LogP contribution in [0.15, 0.2) is 34.9 Å². The SMILES string of the molecule is CC(=O)O[C@@H]1[C@@H](OC(C)=O)[C@H](OC(C)=O)CO[C@H]1n1cc(COc2ccc(Br)cc2)nn1. The van der Waals surface area contributed by atoms with Gasteiger partial charge in [0.25, 0.3) is 0 Å². The predicted octanol–water partition coefficient (Wildman–Crippen LogP) is 1.94. The van der Waals surface area contributed by atoms with Crippen LogP contribution in [0.3, 0.4) is 0 Å². The van der Waals surface area contributed by atoms with Crippen LogP contribution < -0.4 is 4.74 Å². The van der Waals surface area contributed by atoms with Crippen LogP contribution in [0.25, 0.3) is 0 Å². The summed E-state index contributed by atoms with van der Waals surface area (Å²) in [5.41, 5.74) is 0.490. The number of carbonyl (C=O) groups is 3. The Morgan fingerprint density at radius 1 is 1.03 bits per heavy atom. The number of aromatic nitrogens is 3. The van der Waals surface area contributed by atoms with Gasteiger partial charge < -0.3 is 23.7 Å². The molecule has 1 fully saturated rings. The van der Waals surface area contributed by atoms with Crippen molar-refractivity contribution < 1.29 is 38.1 Å². The van der Waals surface area contributed by atoms with Crippen LogP contribution in [0.5, 0.6) is 5.75 Å². The number of rotatable bonds is 7. The first-order valence-electron chi connectivity index (χ1n) is 9.65. The molecule has 0 spiro atoms. The molecule has 1 saturated heterocycles. The summed E-state index contributed by atoms with van der Waals surface area (Å²) in [6.07, 6.45) is -2.58. The average Bonchev–Trinajstić information content (AvgIpc) is 3.18. The summed E-state index contributed by atoms with van der Waals surface area (Å²) in [6, 6.07) is 7.30. The number of esters is 3. The molecule has 3 rings (SSSR count). The molecule has 2 aromatic rings. The van der Waals surface area contributed by atoms with E-state index in [1.807, 2.05) is 12.1 Å². The topological polar surface area (TPSA) is 128 Å². The zero-order chi connectivity index (χ0) is 23.3. The summed E-state index contributed by atoms with van der Waals surface area (Å²) < 4.78 is 29.6. The molecule has 11 nitrogen and oxygen atoms in total. The van der Waals surface area contributed by atoms with Gasteiger partial charge in [0.2, 0.25) is 0 Å². The zero-order valence-electron chi connectivity index (χ0n) is 17.6. The maximum Gasteiger partial charge on any atom is 0.303 e. The molecule has 1 aromatic carbocycles. The van der Waals surface area contributed by atoms with E-state index in [1.54, 1.807) is 18.3 Å². The molecule has 172 valence electrons. The molecule has 2 heterocycles. The van der Waals surface area contributed by atoms with Crippen LogP contribution in [0.1, 0.15) is 32.7 Å². The largest absolute Gasteiger partial charge is 0.487 e. The van der Waals surface area contributed by atoms with Crippen LogP contribution in [-0.4, -0.2) is 57.8 Å². The Balaban J connectivity index is 1.78. The number of halogens is 1. The third-order valence-corrected chi connectivity index (χ3v) is 4.87. The summed E-state index contributed by atoms with van der Waals surface area (Å²) in [7, 11) is 0. The van der Waals surface area contributed by atoms with E-state index in [-0.39, 0.29) is 13.2 Å². The van der Waals surface area contributed by atoms with Crippen molar-refractivity contribution in [2.75, 3.05) is 6.61 Å². The molecule has 32 heavy (non-hydrogen) atoms. The third-order valence-electron chi connectivity index (χ3n) is 4.34. The molecule has 0 aliphatic carbocycles. The molecule has 1 aliphatic rings. The van der Waals surface area contributed by atoms with Crippen molar-refractivity contribution in [1.29, 1.82) is 0 Å². The van der Waals surface area contributed by atoms with E-state index < -0.39 is 42.4 Å². The van der Waals surface area contributed by atoms with E-state index in [4.69, 9.17) is 23.7 Å². The molecule has 0 radical (unpaired) electrons. The van der Waals surface area contributed by atoms with Crippen LogP contribution in [-0.2, 0) is 39.9 Å². The lowest BCUT2D eigenvalue weighted by Gasteiger charge is -2.40. The lowest BCUT2D eigenvalue weighted by Crippen LogP contribution is -2.55. The maximum absolute atomic E-state index is 11.7. The van der Waals surface area contributed by atoms with E-state index in [0.717, 1.165) is 4.47 Å². The molecule has 0 N–H and O–H groups in total. The van der Waals surface area contributed by atoms with E-state index in [9.17, 15) is 14.4 Å². The van der Waals surface area contributed by atoms with Gasteiger partial charge in [0, 0.05) is 25.2 Å². The minimum Gasteiger partial charge on any atom is -0.487 e. The van der Waals surface area contributed by atoms with Crippen molar-refractivity contribution >= 4 is 33.8 Å². The summed E-state index contributed by atoms with van der Waals surface area (Å²) >= 11 is 3.36. The van der Waals surface area contributed by atoms with Crippen LogP contribution in [0, 0.1) is 0 Å².